The zero-order chi connectivity index (χ0) is 16.4. The molecule has 7 nitrogen and oxygen atoms in total. The zero-order valence-corrected chi connectivity index (χ0v) is 13.2. The van der Waals surface area contributed by atoms with Crippen LogP contribution in [0.2, 0.25) is 5.15 Å². The van der Waals surface area contributed by atoms with Crippen molar-refractivity contribution in [3.63, 3.8) is 0 Å². The van der Waals surface area contributed by atoms with Crippen molar-refractivity contribution in [2.24, 2.45) is 0 Å². The fourth-order valence-electron chi connectivity index (χ4n) is 2.39. The maximum atomic E-state index is 6.43. The van der Waals surface area contributed by atoms with Gasteiger partial charge in [-0.25, -0.2) is 4.68 Å². The van der Waals surface area contributed by atoms with Gasteiger partial charge in [0, 0.05) is 11.1 Å². The van der Waals surface area contributed by atoms with Gasteiger partial charge in [-0.15, -0.1) is 15.3 Å². The molecule has 0 atom stereocenters. The molecule has 1 N–H and O–H groups in total. The Morgan fingerprint density at radius 1 is 0.917 bits per heavy atom. The normalized spacial score (nSPS) is 10.9. The Hall–Kier alpha value is -3.06. The van der Waals surface area contributed by atoms with Gasteiger partial charge < -0.3 is 0 Å². The largest absolute Gasteiger partial charge is 0.229 e. The molecule has 0 aliphatic carbocycles. The van der Waals surface area contributed by atoms with Gasteiger partial charge in [0.25, 0.3) is 0 Å². The van der Waals surface area contributed by atoms with Gasteiger partial charge in [-0.2, -0.15) is 5.21 Å². The molecule has 0 amide bonds. The van der Waals surface area contributed by atoms with Crippen LogP contribution < -0.4 is 0 Å². The molecular weight excluding hydrogens is 326 g/mol. The smallest absolute Gasteiger partial charge is 0.204 e. The minimum absolute atomic E-state index is 0.517. The molecule has 2 heterocycles. The van der Waals surface area contributed by atoms with E-state index in [0.29, 0.717) is 23.2 Å². The summed E-state index contributed by atoms with van der Waals surface area (Å²) in [6, 6.07) is 17.6. The number of nitrogens with zero attached hydrogens (tertiary/aromatic N) is 6. The SMILES string of the molecule is Clc1c(-c2ccccc2)nnn1Cc1ccc(-c2nn[nH]n2)cc1. The zero-order valence-electron chi connectivity index (χ0n) is 12.5. The summed E-state index contributed by atoms with van der Waals surface area (Å²) in [5, 5.41) is 22.8. The second-order valence-electron chi connectivity index (χ2n) is 5.18. The van der Waals surface area contributed by atoms with Gasteiger partial charge in [-0.3, -0.25) is 0 Å². The van der Waals surface area contributed by atoms with Crippen LogP contribution >= 0.6 is 11.6 Å². The van der Waals surface area contributed by atoms with E-state index in [4.69, 9.17) is 11.6 Å². The van der Waals surface area contributed by atoms with Gasteiger partial charge in [-0.1, -0.05) is 71.4 Å². The second kappa shape index (κ2) is 6.21. The molecule has 0 fully saturated rings. The first-order valence-electron chi connectivity index (χ1n) is 7.28. The highest BCUT2D eigenvalue weighted by atomic mass is 35.5. The lowest BCUT2D eigenvalue weighted by Crippen LogP contribution is -2.02. The molecular formula is C16H12ClN7. The van der Waals surface area contributed by atoms with Gasteiger partial charge in [-0.05, 0) is 10.8 Å². The Kier molecular flexibility index (Phi) is 3.76. The van der Waals surface area contributed by atoms with Crippen LogP contribution in [0.25, 0.3) is 22.6 Å². The molecule has 0 saturated carbocycles. The molecule has 0 aliphatic heterocycles. The van der Waals surface area contributed by atoms with E-state index in [1.54, 1.807) is 4.68 Å². The lowest BCUT2D eigenvalue weighted by molar-refractivity contribution is 0.650. The van der Waals surface area contributed by atoms with Crippen molar-refractivity contribution in [2.45, 2.75) is 6.54 Å². The Morgan fingerprint density at radius 2 is 1.71 bits per heavy atom. The molecule has 2 aromatic heterocycles. The fourth-order valence-corrected chi connectivity index (χ4v) is 2.63. The van der Waals surface area contributed by atoms with Gasteiger partial charge >= 0.3 is 0 Å². The number of nitrogens with one attached hydrogen (secondary N) is 1. The van der Waals surface area contributed by atoms with E-state index >= 15 is 0 Å². The highest BCUT2D eigenvalue weighted by Gasteiger charge is 2.12. The summed E-state index contributed by atoms with van der Waals surface area (Å²) in [5.41, 5.74) is 3.57. The van der Waals surface area contributed by atoms with Gasteiger partial charge in [0.2, 0.25) is 5.82 Å². The molecule has 4 aromatic rings. The average molecular weight is 338 g/mol. The lowest BCUT2D eigenvalue weighted by atomic mass is 10.1. The van der Waals surface area contributed by atoms with E-state index in [9.17, 15) is 0 Å². The average Bonchev–Trinajstić information content (AvgIpc) is 3.28. The lowest BCUT2D eigenvalue weighted by Gasteiger charge is -2.04. The number of hydrogen-bond donors (Lipinski definition) is 1. The van der Waals surface area contributed by atoms with Crippen LogP contribution in [0.15, 0.2) is 54.6 Å². The summed E-state index contributed by atoms with van der Waals surface area (Å²) in [4.78, 5) is 0. The predicted molar refractivity (Wildman–Crippen MR) is 89.2 cm³/mol. The maximum absolute atomic E-state index is 6.43. The van der Waals surface area contributed by atoms with E-state index in [1.165, 1.54) is 0 Å². The molecule has 0 spiro atoms. The number of aromatic amines is 1. The number of halogens is 1. The fraction of sp³-hybridized carbons (Fsp3) is 0.0625. The first-order valence-corrected chi connectivity index (χ1v) is 7.66. The Balaban J connectivity index is 1.57. The van der Waals surface area contributed by atoms with E-state index < -0.39 is 0 Å². The van der Waals surface area contributed by atoms with Crippen molar-refractivity contribution in [2.75, 3.05) is 0 Å². The number of benzene rings is 2. The monoisotopic (exact) mass is 337 g/mol. The number of rotatable bonds is 4. The Morgan fingerprint density at radius 3 is 2.42 bits per heavy atom. The van der Waals surface area contributed by atoms with Crippen LogP contribution in [0.4, 0.5) is 0 Å². The molecule has 0 saturated heterocycles. The van der Waals surface area contributed by atoms with Crippen LogP contribution in [-0.4, -0.2) is 35.6 Å². The maximum Gasteiger partial charge on any atom is 0.204 e. The van der Waals surface area contributed by atoms with Crippen molar-refractivity contribution in [1.29, 1.82) is 0 Å². The van der Waals surface area contributed by atoms with Crippen LogP contribution in [0.3, 0.4) is 0 Å². The van der Waals surface area contributed by atoms with E-state index in [0.717, 1.165) is 16.7 Å². The highest BCUT2D eigenvalue weighted by Crippen LogP contribution is 2.25. The van der Waals surface area contributed by atoms with Crippen molar-refractivity contribution >= 4 is 11.6 Å². The summed E-state index contributed by atoms with van der Waals surface area (Å²) < 4.78 is 1.67. The second-order valence-corrected chi connectivity index (χ2v) is 5.54. The topological polar surface area (TPSA) is 85.2 Å². The molecule has 0 unspecified atom stereocenters. The molecule has 24 heavy (non-hydrogen) atoms. The third kappa shape index (κ3) is 2.77. The van der Waals surface area contributed by atoms with Crippen molar-refractivity contribution in [3.8, 4) is 22.6 Å². The van der Waals surface area contributed by atoms with Crippen LogP contribution in [0.5, 0.6) is 0 Å². The summed E-state index contributed by atoms with van der Waals surface area (Å²) in [5.74, 6) is 0.562. The van der Waals surface area contributed by atoms with Gasteiger partial charge in [0.1, 0.15) is 5.69 Å². The van der Waals surface area contributed by atoms with E-state index in [-0.39, 0.29) is 0 Å². The minimum Gasteiger partial charge on any atom is -0.229 e. The molecule has 118 valence electrons. The van der Waals surface area contributed by atoms with Gasteiger partial charge in [0.15, 0.2) is 5.15 Å². The van der Waals surface area contributed by atoms with E-state index in [1.807, 2.05) is 54.6 Å². The summed E-state index contributed by atoms with van der Waals surface area (Å²) >= 11 is 6.43. The molecule has 0 aliphatic rings. The Bertz CT molecular complexity index is 930. The quantitative estimate of drug-likeness (QED) is 0.619. The summed E-state index contributed by atoms with van der Waals surface area (Å²) in [6.07, 6.45) is 0. The number of H-pyrrole nitrogens is 1. The van der Waals surface area contributed by atoms with Crippen molar-refractivity contribution in [1.82, 2.24) is 35.6 Å². The third-order valence-electron chi connectivity index (χ3n) is 3.61. The number of aromatic nitrogens is 7. The van der Waals surface area contributed by atoms with E-state index in [2.05, 4.69) is 30.9 Å². The molecule has 0 bridgehead atoms. The van der Waals surface area contributed by atoms with Crippen molar-refractivity contribution < 1.29 is 0 Å². The minimum atomic E-state index is 0.517. The standard InChI is InChI=1S/C16H12ClN7/c17-15-14(12-4-2-1-3-5-12)18-23-24(15)10-11-6-8-13(9-7-11)16-19-21-22-20-16/h1-9H,10H2,(H,19,20,21,22). The molecule has 8 heteroatoms. The molecule has 0 radical (unpaired) electrons. The number of tetrazole rings is 1. The third-order valence-corrected chi connectivity index (χ3v) is 3.99. The number of hydrogen-bond acceptors (Lipinski definition) is 5. The van der Waals surface area contributed by atoms with Crippen LogP contribution in [-0.2, 0) is 6.54 Å². The summed E-state index contributed by atoms with van der Waals surface area (Å²) in [7, 11) is 0. The van der Waals surface area contributed by atoms with Crippen LogP contribution in [0.1, 0.15) is 5.56 Å². The first kappa shape index (κ1) is 14.5. The van der Waals surface area contributed by atoms with Crippen LogP contribution in [0, 0.1) is 0 Å². The highest BCUT2D eigenvalue weighted by molar-refractivity contribution is 6.32. The Labute approximate surface area is 142 Å². The predicted octanol–water partition coefficient (Wildman–Crippen LogP) is 2.83. The molecule has 4 rings (SSSR count). The summed E-state index contributed by atoms with van der Waals surface area (Å²) in [6.45, 7) is 0.533. The first-order chi connectivity index (χ1) is 11.8. The van der Waals surface area contributed by atoms with Gasteiger partial charge in [0.05, 0.1) is 6.54 Å². The molecule has 2 aromatic carbocycles. The van der Waals surface area contributed by atoms with Crippen molar-refractivity contribution in [3.05, 3.63) is 65.3 Å².